The van der Waals surface area contributed by atoms with E-state index in [1.165, 1.54) is 24.0 Å². The first kappa shape index (κ1) is 16.9. The number of hydrogen-bond acceptors (Lipinski definition) is 2. The lowest BCUT2D eigenvalue weighted by molar-refractivity contribution is 0.0889. The maximum absolute atomic E-state index is 8.76. The van der Waals surface area contributed by atoms with Gasteiger partial charge in [-0.2, -0.15) is 0 Å². The van der Waals surface area contributed by atoms with E-state index < -0.39 is 0 Å². The summed E-state index contributed by atoms with van der Waals surface area (Å²) in [6.45, 7) is 6.18. The molecular weight excluding hydrogens is 248 g/mol. The number of hydrogen-bond donors (Lipinski definition) is 1. The number of aliphatic hydroxyl groups is 1. The average Bonchev–Trinajstić information content (AvgIpc) is 2.46. The predicted molar refractivity (Wildman–Crippen MR) is 84.6 cm³/mol. The fraction of sp³-hybridized carbons (Fsp3) is 0.556. The van der Waals surface area contributed by atoms with Crippen molar-refractivity contribution in [3.63, 3.8) is 0 Å². The van der Waals surface area contributed by atoms with Crippen LogP contribution in [0.15, 0.2) is 42.0 Å². The first-order valence-electron chi connectivity index (χ1n) is 7.60. The lowest BCUT2D eigenvalue weighted by atomic mass is 10.0. The lowest BCUT2D eigenvalue weighted by Crippen LogP contribution is -2.06. The Balaban J connectivity index is 2.07. The molecule has 1 unspecified atom stereocenters. The third-order valence-electron chi connectivity index (χ3n) is 3.40. The van der Waals surface area contributed by atoms with Gasteiger partial charge >= 0.3 is 0 Å². The number of ether oxygens (including phenoxy) is 1. The largest absolute Gasteiger partial charge is 0.396 e. The predicted octanol–water partition coefficient (Wildman–Crippen LogP) is 4.34. The summed E-state index contributed by atoms with van der Waals surface area (Å²) in [5, 5.41) is 8.76. The van der Waals surface area contributed by atoms with Crippen molar-refractivity contribution in [2.24, 2.45) is 5.92 Å². The first-order chi connectivity index (χ1) is 9.72. The van der Waals surface area contributed by atoms with Crippen molar-refractivity contribution in [2.75, 3.05) is 13.2 Å². The van der Waals surface area contributed by atoms with Crippen LogP contribution < -0.4 is 0 Å². The van der Waals surface area contributed by atoms with E-state index in [0.717, 1.165) is 19.4 Å². The van der Waals surface area contributed by atoms with Crippen LogP contribution in [-0.2, 0) is 11.3 Å². The van der Waals surface area contributed by atoms with Crippen molar-refractivity contribution >= 4 is 0 Å². The maximum atomic E-state index is 8.76. The van der Waals surface area contributed by atoms with E-state index >= 15 is 0 Å². The Labute approximate surface area is 123 Å². The summed E-state index contributed by atoms with van der Waals surface area (Å²) in [7, 11) is 0. The molecule has 0 radical (unpaired) electrons. The number of benzene rings is 1. The number of aliphatic hydroxyl groups excluding tert-OH is 1. The Bertz CT molecular complexity index is 370. The summed E-state index contributed by atoms with van der Waals surface area (Å²) in [5.74, 6) is 0.601. The molecule has 1 atom stereocenters. The summed E-state index contributed by atoms with van der Waals surface area (Å²) in [6.07, 6.45) is 6.43. The normalized spacial score (nSPS) is 13.4. The van der Waals surface area contributed by atoms with Gasteiger partial charge in [0.25, 0.3) is 0 Å². The molecule has 0 aliphatic carbocycles. The van der Waals surface area contributed by atoms with Gasteiger partial charge in [-0.3, -0.25) is 0 Å². The monoisotopic (exact) mass is 276 g/mol. The van der Waals surface area contributed by atoms with Crippen LogP contribution in [0.4, 0.5) is 0 Å². The fourth-order valence-electron chi connectivity index (χ4n) is 2.18. The lowest BCUT2D eigenvalue weighted by Gasteiger charge is -2.12. The van der Waals surface area contributed by atoms with Crippen molar-refractivity contribution in [1.29, 1.82) is 0 Å². The average molecular weight is 276 g/mol. The molecule has 0 heterocycles. The van der Waals surface area contributed by atoms with E-state index in [1.807, 2.05) is 18.2 Å². The summed E-state index contributed by atoms with van der Waals surface area (Å²) < 4.78 is 5.76. The van der Waals surface area contributed by atoms with Crippen LogP contribution in [0.1, 0.15) is 45.1 Å². The second kappa shape index (κ2) is 10.6. The zero-order chi connectivity index (χ0) is 14.6. The van der Waals surface area contributed by atoms with Gasteiger partial charge in [0.15, 0.2) is 0 Å². The summed E-state index contributed by atoms with van der Waals surface area (Å²) in [6, 6.07) is 10.3. The van der Waals surface area contributed by atoms with Crippen LogP contribution in [0.3, 0.4) is 0 Å². The van der Waals surface area contributed by atoms with Gasteiger partial charge in [-0.25, -0.2) is 0 Å². The van der Waals surface area contributed by atoms with Gasteiger partial charge < -0.3 is 9.84 Å². The molecule has 0 spiro atoms. The second-order valence-corrected chi connectivity index (χ2v) is 5.56. The molecule has 1 rings (SSSR count). The molecule has 1 aromatic rings. The quantitative estimate of drug-likeness (QED) is 0.644. The molecule has 0 aliphatic rings. The van der Waals surface area contributed by atoms with E-state index in [-0.39, 0.29) is 6.61 Å². The second-order valence-electron chi connectivity index (χ2n) is 5.56. The standard InChI is InChI=1S/C18H28O2/c1-16(10-7-13-19)8-6-9-17(2)14-20-15-18-11-4-3-5-12-18/h3-5,10-12,17,19H,6-9,13-15H2,1-2H3/b16-10+. The minimum Gasteiger partial charge on any atom is -0.396 e. The highest BCUT2D eigenvalue weighted by atomic mass is 16.5. The molecule has 0 aromatic heterocycles. The van der Waals surface area contributed by atoms with E-state index in [4.69, 9.17) is 9.84 Å². The van der Waals surface area contributed by atoms with Crippen molar-refractivity contribution in [3.05, 3.63) is 47.5 Å². The summed E-state index contributed by atoms with van der Waals surface area (Å²) in [5.41, 5.74) is 2.62. The van der Waals surface area contributed by atoms with Gasteiger partial charge in [0.1, 0.15) is 0 Å². The Morgan fingerprint density at radius 1 is 1.30 bits per heavy atom. The minimum absolute atomic E-state index is 0.251. The summed E-state index contributed by atoms with van der Waals surface area (Å²) >= 11 is 0. The van der Waals surface area contributed by atoms with Gasteiger partial charge in [0, 0.05) is 13.2 Å². The Morgan fingerprint density at radius 2 is 2.05 bits per heavy atom. The third-order valence-corrected chi connectivity index (χ3v) is 3.40. The molecule has 2 nitrogen and oxygen atoms in total. The van der Waals surface area contributed by atoms with Gasteiger partial charge in [0.2, 0.25) is 0 Å². The number of rotatable bonds is 10. The molecular formula is C18H28O2. The molecule has 0 amide bonds. The first-order valence-corrected chi connectivity index (χ1v) is 7.60. The zero-order valence-corrected chi connectivity index (χ0v) is 12.8. The van der Waals surface area contributed by atoms with Crippen LogP contribution in [-0.4, -0.2) is 18.3 Å². The molecule has 2 heteroatoms. The van der Waals surface area contributed by atoms with E-state index in [0.29, 0.717) is 12.5 Å². The van der Waals surface area contributed by atoms with Crippen LogP contribution in [0.2, 0.25) is 0 Å². The molecule has 112 valence electrons. The Hall–Kier alpha value is -1.12. The fourth-order valence-corrected chi connectivity index (χ4v) is 2.18. The topological polar surface area (TPSA) is 29.5 Å². The van der Waals surface area contributed by atoms with Crippen LogP contribution in [0.25, 0.3) is 0 Å². The minimum atomic E-state index is 0.251. The number of allylic oxidation sites excluding steroid dienone is 1. The smallest absolute Gasteiger partial charge is 0.0717 e. The zero-order valence-electron chi connectivity index (χ0n) is 12.8. The molecule has 0 fully saturated rings. The maximum Gasteiger partial charge on any atom is 0.0717 e. The highest BCUT2D eigenvalue weighted by Gasteiger charge is 2.03. The van der Waals surface area contributed by atoms with Gasteiger partial charge in [-0.15, -0.1) is 0 Å². The van der Waals surface area contributed by atoms with E-state index in [2.05, 4.69) is 32.1 Å². The van der Waals surface area contributed by atoms with Crippen molar-refractivity contribution in [1.82, 2.24) is 0 Å². The SMILES string of the molecule is C/C(=C\CCO)CCCC(C)COCc1ccccc1. The molecule has 1 aromatic carbocycles. The third kappa shape index (κ3) is 8.13. The molecule has 0 saturated heterocycles. The van der Waals surface area contributed by atoms with Crippen molar-refractivity contribution in [2.45, 2.75) is 46.1 Å². The Kier molecular flexibility index (Phi) is 9.01. The van der Waals surface area contributed by atoms with Gasteiger partial charge in [0.05, 0.1) is 6.61 Å². The Morgan fingerprint density at radius 3 is 2.75 bits per heavy atom. The molecule has 0 saturated carbocycles. The highest BCUT2D eigenvalue weighted by Crippen LogP contribution is 2.13. The van der Waals surface area contributed by atoms with Gasteiger partial charge in [-0.05, 0) is 44.1 Å². The van der Waals surface area contributed by atoms with E-state index in [1.54, 1.807) is 0 Å². The van der Waals surface area contributed by atoms with Crippen LogP contribution >= 0.6 is 0 Å². The van der Waals surface area contributed by atoms with Crippen molar-refractivity contribution < 1.29 is 9.84 Å². The molecule has 1 N–H and O–H groups in total. The van der Waals surface area contributed by atoms with Crippen LogP contribution in [0, 0.1) is 5.92 Å². The molecule has 0 bridgehead atoms. The van der Waals surface area contributed by atoms with Crippen LogP contribution in [0.5, 0.6) is 0 Å². The molecule has 0 aliphatic heterocycles. The summed E-state index contributed by atoms with van der Waals surface area (Å²) in [4.78, 5) is 0. The highest BCUT2D eigenvalue weighted by molar-refractivity contribution is 5.13. The van der Waals surface area contributed by atoms with E-state index in [9.17, 15) is 0 Å². The van der Waals surface area contributed by atoms with Gasteiger partial charge in [-0.1, -0.05) is 48.9 Å². The molecule has 20 heavy (non-hydrogen) atoms. The van der Waals surface area contributed by atoms with Crippen molar-refractivity contribution in [3.8, 4) is 0 Å².